The molecule has 0 saturated carbocycles. The number of furan rings is 2. The van der Waals surface area contributed by atoms with E-state index in [1.807, 2.05) is 83.3 Å². The Hall–Kier alpha value is -16.3. The fraction of sp³-hybridized carbons (Fsp3) is 0.0222. The Kier molecular flexibility index (Phi) is 24.3. The van der Waals surface area contributed by atoms with Crippen LogP contribution in [0.5, 0.6) is 0 Å². The van der Waals surface area contributed by atoms with Crippen molar-refractivity contribution in [2.75, 3.05) is 19.6 Å². The van der Waals surface area contributed by atoms with Crippen LogP contribution in [-0.2, 0) is 5.41 Å². The lowest BCUT2D eigenvalue weighted by molar-refractivity contribution is 0.660. The zero-order valence-electron chi connectivity index (χ0n) is 80.6. The van der Waals surface area contributed by atoms with E-state index >= 15 is 0 Å². The molecule has 6 nitrogen and oxygen atoms in total. The zero-order chi connectivity index (χ0) is 99.9. The highest BCUT2D eigenvalue weighted by atomic mass is 35.5. The quantitative estimate of drug-likeness (QED) is 0.102. The summed E-state index contributed by atoms with van der Waals surface area (Å²) in [5.74, 6) is 0. The number of hydrogen-bond donors (Lipinski definition) is 0. The highest BCUT2D eigenvalue weighted by molar-refractivity contribution is 7.27. The number of halogens is 4. The molecule has 29 rings (SSSR count). The minimum Gasteiger partial charge on any atom is -0.456 e. The smallest absolute Gasteiger partial charge is 0.159 e. The van der Waals surface area contributed by atoms with Crippen molar-refractivity contribution in [3.63, 3.8) is 0 Å². The van der Waals surface area contributed by atoms with E-state index in [1.165, 1.54) is 153 Å². The second-order valence-corrected chi connectivity index (χ2v) is 43.8. The Labute approximate surface area is 897 Å². The van der Waals surface area contributed by atoms with E-state index in [1.54, 1.807) is 22.7 Å². The Bertz CT molecular complexity index is 9980. The van der Waals surface area contributed by atoms with Gasteiger partial charge in [-0.3, -0.25) is 0 Å². The van der Waals surface area contributed by atoms with Gasteiger partial charge in [-0.15, -0.1) is 45.3 Å². The summed E-state index contributed by atoms with van der Waals surface area (Å²) >= 11 is 32.6. The van der Waals surface area contributed by atoms with Crippen molar-refractivity contribution in [3.05, 3.63) is 529 Å². The van der Waals surface area contributed by atoms with Crippen LogP contribution < -0.4 is 19.6 Å². The topological polar surface area (TPSA) is 39.2 Å². The highest BCUT2D eigenvalue weighted by Crippen LogP contribution is 2.56. The third kappa shape index (κ3) is 17.3. The monoisotopic (exact) mass is 2060 g/mol. The Morgan fingerprint density at radius 3 is 1.08 bits per heavy atom. The Balaban J connectivity index is 0.000000101. The minimum atomic E-state index is -0.0509. The second-order valence-electron chi connectivity index (χ2n) is 37.8. The van der Waals surface area contributed by atoms with Crippen LogP contribution in [0.4, 0.5) is 68.2 Å². The first-order chi connectivity index (χ1) is 73.2. The number of para-hydroxylation sites is 4. The summed E-state index contributed by atoms with van der Waals surface area (Å²) in [4.78, 5) is 9.41. The number of thiophene rings is 4. The van der Waals surface area contributed by atoms with Crippen LogP contribution in [-0.4, -0.2) is 0 Å². The van der Waals surface area contributed by atoms with Crippen molar-refractivity contribution in [1.29, 1.82) is 0 Å². The van der Waals surface area contributed by atoms with Gasteiger partial charge in [0.05, 0.1) is 36.8 Å². The van der Waals surface area contributed by atoms with Gasteiger partial charge >= 0.3 is 0 Å². The predicted molar refractivity (Wildman–Crippen MR) is 645 cm³/mol. The average Bonchev–Trinajstić information content (AvgIpc) is 1.57. The molecule has 0 N–H and O–H groups in total. The molecule has 1 aliphatic carbocycles. The molecule has 0 aliphatic heterocycles. The molecule has 0 spiro atoms. The maximum atomic E-state index is 6.40. The van der Waals surface area contributed by atoms with Crippen LogP contribution in [0.1, 0.15) is 25.0 Å². The van der Waals surface area contributed by atoms with Crippen molar-refractivity contribution in [2.45, 2.75) is 19.3 Å². The van der Waals surface area contributed by atoms with Gasteiger partial charge in [0.2, 0.25) is 0 Å². The third-order valence-corrected chi connectivity index (χ3v) is 34.1. The number of nitrogens with zero attached hydrogens (tertiary/aromatic N) is 4. The summed E-state index contributed by atoms with van der Waals surface area (Å²) in [7, 11) is 0. The number of benzene rings is 22. The first-order valence-corrected chi connectivity index (χ1v) is 54.3. The maximum Gasteiger partial charge on any atom is 0.159 e. The van der Waals surface area contributed by atoms with Gasteiger partial charge in [0.1, 0.15) is 16.7 Å². The van der Waals surface area contributed by atoms with Gasteiger partial charge in [0, 0.05) is 165 Å². The van der Waals surface area contributed by atoms with E-state index in [0.29, 0.717) is 5.02 Å². The number of rotatable bonds is 15. The number of hydrogen-bond acceptors (Lipinski definition) is 10. The van der Waals surface area contributed by atoms with Crippen molar-refractivity contribution in [1.82, 2.24) is 0 Å². The van der Waals surface area contributed by atoms with E-state index in [9.17, 15) is 0 Å². The SMILES string of the molecule is CC1(C)c2ccccc2-c2ccc(N(c3ccccc3)c3cccc4c3sc3cc(Cl)ccc34)cc21.Clc1ccc2c(c1)oc1c(N(c3ccccc3)c3ccc(-c4ccccc4)cc3)cccc12.Clc1ccc2c(c1)sc1c(N(c3ccc(-c4ccccc4)cc3)c3ccc4c(c3)sc3ccccc34)cccc12.Clc1ccc2c(c1)sc1c(N(c3cccc(-c4ccccc4)c3)c3ccc4oc5ccccc5c4c3)cccc12. The molecule has 0 amide bonds. The van der Waals surface area contributed by atoms with Gasteiger partial charge in [-0.25, -0.2) is 0 Å². The van der Waals surface area contributed by atoms with Crippen molar-refractivity contribution in [2.24, 2.45) is 0 Å². The molecule has 0 atom stereocenters. The molecular formula is C135H88Cl4N4O2S4. The van der Waals surface area contributed by atoms with Gasteiger partial charge in [-0.1, -0.05) is 364 Å². The van der Waals surface area contributed by atoms with Gasteiger partial charge in [0.25, 0.3) is 0 Å². The Morgan fingerprint density at radius 2 is 0.523 bits per heavy atom. The van der Waals surface area contributed by atoms with Crippen LogP contribution >= 0.6 is 91.8 Å². The van der Waals surface area contributed by atoms with Gasteiger partial charge in [-0.2, -0.15) is 0 Å². The fourth-order valence-corrected chi connectivity index (χ4v) is 27.2. The second kappa shape index (κ2) is 39.1. The van der Waals surface area contributed by atoms with Crippen LogP contribution in [0.2, 0.25) is 20.1 Å². The van der Waals surface area contributed by atoms with Crippen LogP contribution in [0.3, 0.4) is 0 Å². The minimum absolute atomic E-state index is 0.0509. The summed E-state index contributed by atoms with van der Waals surface area (Å²) < 4.78 is 22.5. The molecule has 6 heterocycles. The lowest BCUT2D eigenvalue weighted by atomic mass is 9.82. The van der Waals surface area contributed by atoms with E-state index < -0.39 is 0 Å². The van der Waals surface area contributed by atoms with Crippen LogP contribution in [0.15, 0.2) is 506 Å². The summed E-state index contributed by atoms with van der Waals surface area (Å²) in [6.07, 6.45) is 0. The standard InChI is InChI=1S/C36H22ClNOS.C36H22ClNS2.C33H24ClNS.C30H20ClNO/c37-25-16-18-29-30-13-7-14-32(36(30)40-35(29)21-25)38(26-11-6-10-24(20-26)23-8-2-1-3-9-23)27-17-19-34-31(22-27)28-12-4-5-15-33(28)39-34;37-25-15-19-30-31-10-6-11-32(36(31)40-34(30)21-25)38(26-16-13-24(14-17-26)23-7-2-1-3-8-23)27-18-20-29-28-9-4-5-12-33(28)39-35(29)22-27;1-33(2)28-13-7-6-11-24(28)25-18-16-23(20-29(25)33)35(22-9-4-3-5-10-22)30-14-8-12-27-26-17-15-21(34)19-31(26)36-32(27)30;31-23-16-19-26-27-12-7-13-28(30(27)33-29(26)20-23)32(24-10-5-2-6-11-24)25-17-14-22(15-18-25)21-8-3-1-4-9-21/h2*1-22H;3-20H,1-2H3;1-20H. The largest absolute Gasteiger partial charge is 0.456 e. The molecule has 0 saturated heterocycles. The first-order valence-electron chi connectivity index (χ1n) is 49.5. The molecule has 0 bridgehead atoms. The normalized spacial score (nSPS) is 12.0. The van der Waals surface area contributed by atoms with Gasteiger partial charge in [-0.05, 0) is 244 Å². The molecule has 28 aromatic rings. The van der Waals surface area contributed by atoms with Crippen molar-refractivity contribution >= 4 is 285 Å². The van der Waals surface area contributed by atoms with Crippen molar-refractivity contribution < 1.29 is 8.83 Å². The Morgan fingerprint density at radius 1 is 0.188 bits per heavy atom. The molecule has 0 radical (unpaired) electrons. The number of anilines is 12. The zero-order valence-corrected chi connectivity index (χ0v) is 86.9. The molecule has 0 fully saturated rings. The maximum absolute atomic E-state index is 6.40. The highest BCUT2D eigenvalue weighted by Gasteiger charge is 2.37. The molecule has 149 heavy (non-hydrogen) atoms. The molecular weight excluding hydrogens is 1980 g/mol. The van der Waals surface area contributed by atoms with Crippen molar-refractivity contribution in [3.8, 4) is 44.5 Å². The molecule has 0 unspecified atom stereocenters. The van der Waals surface area contributed by atoms with E-state index in [-0.39, 0.29) is 5.41 Å². The predicted octanol–water partition coefficient (Wildman–Crippen LogP) is 43.8. The van der Waals surface area contributed by atoms with Gasteiger partial charge < -0.3 is 28.4 Å². The van der Waals surface area contributed by atoms with Gasteiger partial charge in [0.15, 0.2) is 5.58 Å². The number of fused-ring (bicyclic) bond motifs is 21. The fourth-order valence-electron chi connectivity index (χ4n) is 21.5. The molecule has 6 aromatic heterocycles. The van der Waals surface area contributed by atoms with E-state index in [4.69, 9.17) is 55.2 Å². The first kappa shape index (κ1) is 92.5. The van der Waals surface area contributed by atoms with E-state index in [0.717, 1.165) is 110 Å². The summed E-state index contributed by atoms with van der Waals surface area (Å²) in [5, 5.41) is 17.4. The molecule has 14 heteroatoms. The molecule has 712 valence electrons. The van der Waals surface area contributed by atoms with E-state index in [2.05, 4.69) is 470 Å². The average molecular weight is 2070 g/mol. The summed E-state index contributed by atoms with van der Waals surface area (Å²) in [6, 6.07) is 175. The lowest BCUT2D eigenvalue weighted by Gasteiger charge is -2.28. The van der Waals surface area contributed by atoms with Crippen LogP contribution in [0.25, 0.3) is 169 Å². The third-order valence-electron chi connectivity index (χ3n) is 28.5. The molecule has 1 aliphatic rings. The van der Waals surface area contributed by atoms with Crippen LogP contribution in [0, 0.1) is 0 Å². The molecule has 22 aromatic carbocycles. The summed E-state index contributed by atoms with van der Waals surface area (Å²) in [6.45, 7) is 4.68. The summed E-state index contributed by atoms with van der Waals surface area (Å²) in [5.41, 5.74) is 29.3. The lowest BCUT2D eigenvalue weighted by Crippen LogP contribution is -2.16.